The number of halogens is 1. The number of rotatable bonds is 2. The van der Waals surface area contributed by atoms with Crippen molar-refractivity contribution in [3.8, 4) is 0 Å². The molecule has 1 aromatic carbocycles. The SMILES string of the molecule is CN1C(=O)Cc2cc(Nc3ccc(Br)cn3)ccc21. The fourth-order valence-electron chi connectivity index (χ4n) is 2.15. The predicted octanol–water partition coefficient (Wildman–Crippen LogP) is 3.11. The minimum Gasteiger partial charge on any atom is -0.340 e. The Labute approximate surface area is 119 Å². The average Bonchev–Trinajstić information content (AvgIpc) is 2.68. The Kier molecular flexibility index (Phi) is 2.98. The molecule has 0 saturated heterocycles. The topological polar surface area (TPSA) is 45.2 Å². The van der Waals surface area contributed by atoms with Gasteiger partial charge >= 0.3 is 0 Å². The highest BCUT2D eigenvalue weighted by Crippen LogP contribution is 2.30. The van der Waals surface area contributed by atoms with Gasteiger partial charge in [0.05, 0.1) is 6.42 Å². The van der Waals surface area contributed by atoms with Crippen LogP contribution in [0, 0.1) is 0 Å². The van der Waals surface area contributed by atoms with Crippen molar-refractivity contribution in [1.29, 1.82) is 0 Å². The van der Waals surface area contributed by atoms with Crippen molar-refractivity contribution in [3.63, 3.8) is 0 Å². The van der Waals surface area contributed by atoms with Crippen LogP contribution in [0.1, 0.15) is 5.56 Å². The molecule has 0 atom stereocenters. The van der Waals surface area contributed by atoms with Gasteiger partial charge in [-0.3, -0.25) is 4.79 Å². The molecular formula is C14H12BrN3O. The number of aromatic nitrogens is 1. The standard InChI is InChI=1S/C14H12BrN3O/c1-18-12-4-3-11(6-9(12)7-14(18)19)17-13-5-2-10(15)8-16-13/h2-6,8H,7H2,1H3,(H,16,17). The summed E-state index contributed by atoms with van der Waals surface area (Å²) < 4.78 is 0.944. The van der Waals surface area contributed by atoms with E-state index in [-0.39, 0.29) is 5.91 Å². The normalized spacial score (nSPS) is 13.6. The molecule has 5 heteroatoms. The predicted molar refractivity (Wildman–Crippen MR) is 78.8 cm³/mol. The lowest BCUT2D eigenvalue weighted by Crippen LogP contribution is -2.20. The highest BCUT2D eigenvalue weighted by molar-refractivity contribution is 9.10. The van der Waals surface area contributed by atoms with Crippen LogP contribution in [-0.2, 0) is 11.2 Å². The van der Waals surface area contributed by atoms with Crippen LogP contribution in [0.15, 0.2) is 41.0 Å². The van der Waals surface area contributed by atoms with E-state index in [1.54, 1.807) is 18.1 Å². The summed E-state index contributed by atoms with van der Waals surface area (Å²) in [6, 6.07) is 9.74. The average molecular weight is 318 g/mol. The highest BCUT2D eigenvalue weighted by atomic mass is 79.9. The molecule has 19 heavy (non-hydrogen) atoms. The van der Waals surface area contributed by atoms with Gasteiger partial charge in [-0.25, -0.2) is 4.98 Å². The molecule has 0 bridgehead atoms. The molecule has 0 saturated carbocycles. The molecule has 1 amide bonds. The van der Waals surface area contributed by atoms with Crippen LogP contribution in [0.3, 0.4) is 0 Å². The van der Waals surface area contributed by atoms with E-state index < -0.39 is 0 Å². The number of carbonyl (C=O) groups excluding carboxylic acids is 1. The van der Waals surface area contributed by atoms with Crippen molar-refractivity contribution in [3.05, 3.63) is 46.6 Å². The van der Waals surface area contributed by atoms with Gasteiger partial charge < -0.3 is 10.2 Å². The van der Waals surface area contributed by atoms with E-state index in [2.05, 4.69) is 26.2 Å². The third-order valence-corrected chi connectivity index (χ3v) is 3.63. The second kappa shape index (κ2) is 4.66. The zero-order valence-corrected chi connectivity index (χ0v) is 11.9. The van der Waals surface area contributed by atoms with Gasteiger partial charge in [0.2, 0.25) is 5.91 Å². The molecule has 0 unspecified atom stereocenters. The first kappa shape index (κ1) is 12.2. The number of benzene rings is 1. The van der Waals surface area contributed by atoms with Crippen molar-refractivity contribution < 1.29 is 4.79 Å². The molecule has 2 heterocycles. The Bertz CT molecular complexity index is 640. The molecule has 0 spiro atoms. The molecule has 4 nitrogen and oxygen atoms in total. The Morgan fingerprint density at radius 2 is 2.16 bits per heavy atom. The van der Waals surface area contributed by atoms with E-state index in [1.807, 2.05) is 30.3 Å². The Balaban J connectivity index is 1.86. The van der Waals surface area contributed by atoms with E-state index in [1.165, 1.54) is 0 Å². The van der Waals surface area contributed by atoms with Gasteiger partial charge in [-0.15, -0.1) is 0 Å². The van der Waals surface area contributed by atoms with E-state index in [0.717, 1.165) is 27.2 Å². The van der Waals surface area contributed by atoms with Crippen LogP contribution >= 0.6 is 15.9 Å². The first-order chi connectivity index (χ1) is 9.13. The molecule has 96 valence electrons. The molecule has 0 fully saturated rings. The van der Waals surface area contributed by atoms with Gasteiger partial charge in [0, 0.05) is 29.1 Å². The fraction of sp³-hybridized carbons (Fsp3) is 0.143. The van der Waals surface area contributed by atoms with Gasteiger partial charge in [-0.1, -0.05) is 0 Å². The summed E-state index contributed by atoms with van der Waals surface area (Å²) in [6.07, 6.45) is 2.21. The highest BCUT2D eigenvalue weighted by Gasteiger charge is 2.23. The first-order valence-corrected chi connectivity index (χ1v) is 6.71. The first-order valence-electron chi connectivity index (χ1n) is 5.91. The van der Waals surface area contributed by atoms with Crippen LogP contribution in [0.2, 0.25) is 0 Å². The van der Waals surface area contributed by atoms with Crippen molar-refractivity contribution in [1.82, 2.24) is 4.98 Å². The molecule has 1 aliphatic rings. The molecule has 2 aromatic rings. The number of hydrogen-bond acceptors (Lipinski definition) is 3. The van der Waals surface area contributed by atoms with E-state index in [4.69, 9.17) is 0 Å². The lowest BCUT2D eigenvalue weighted by Gasteiger charge is -2.11. The van der Waals surface area contributed by atoms with Crippen molar-refractivity contribution in [2.75, 3.05) is 17.3 Å². The lowest BCUT2D eigenvalue weighted by atomic mass is 10.1. The number of carbonyl (C=O) groups is 1. The number of pyridine rings is 1. The largest absolute Gasteiger partial charge is 0.340 e. The van der Waals surface area contributed by atoms with Gasteiger partial charge in [-0.05, 0) is 51.8 Å². The van der Waals surface area contributed by atoms with Crippen LogP contribution in [0.4, 0.5) is 17.2 Å². The van der Waals surface area contributed by atoms with Crippen LogP contribution in [0.5, 0.6) is 0 Å². The lowest BCUT2D eigenvalue weighted by molar-refractivity contribution is -0.117. The van der Waals surface area contributed by atoms with Gasteiger partial charge in [0.25, 0.3) is 0 Å². The fourth-order valence-corrected chi connectivity index (χ4v) is 2.38. The minimum atomic E-state index is 0.133. The summed E-state index contributed by atoms with van der Waals surface area (Å²) in [7, 11) is 1.80. The molecule has 1 aliphatic heterocycles. The Morgan fingerprint density at radius 3 is 2.89 bits per heavy atom. The van der Waals surface area contributed by atoms with E-state index >= 15 is 0 Å². The summed E-state index contributed by atoms with van der Waals surface area (Å²) >= 11 is 3.35. The van der Waals surface area contributed by atoms with Crippen LogP contribution < -0.4 is 10.2 Å². The summed E-state index contributed by atoms with van der Waals surface area (Å²) in [4.78, 5) is 17.6. The number of nitrogens with zero attached hydrogens (tertiary/aromatic N) is 2. The number of fused-ring (bicyclic) bond motifs is 1. The maximum Gasteiger partial charge on any atom is 0.231 e. The second-order valence-electron chi connectivity index (χ2n) is 4.46. The quantitative estimate of drug-likeness (QED) is 0.925. The monoisotopic (exact) mass is 317 g/mol. The number of likely N-dealkylation sites (N-methyl/N-ethyl adjacent to an activating group) is 1. The van der Waals surface area contributed by atoms with Crippen molar-refractivity contribution >= 4 is 39.0 Å². The van der Waals surface area contributed by atoms with E-state index in [0.29, 0.717) is 6.42 Å². The maximum absolute atomic E-state index is 11.6. The number of anilines is 3. The number of amides is 1. The minimum absolute atomic E-state index is 0.133. The summed E-state index contributed by atoms with van der Waals surface area (Å²) in [5.74, 6) is 0.912. The molecular weight excluding hydrogens is 306 g/mol. The number of nitrogens with one attached hydrogen (secondary N) is 1. The molecule has 0 aliphatic carbocycles. The van der Waals surface area contributed by atoms with Gasteiger partial charge in [0.1, 0.15) is 5.82 Å². The van der Waals surface area contributed by atoms with Crippen molar-refractivity contribution in [2.45, 2.75) is 6.42 Å². The van der Waals surface area contributed by atoms with Gasteiger partial charge in [0.15, 0.2) is 0 Å². The third-order valence-electron chi connectivity index (χ3n) is 3.16. The Morgan fingerprint density at radius 1 is 1.32 bits per heavy atom. The summed E-state index contributed by atoms with van der Waals surface area (Å²) in [5.41, 5.74) is 2.98. The van der Waals surface area contributed by atoms with Gasteiger partial charge in [-0.2, -0.15) is 0 Å². The second-order valence-corrected chi connectivity index (χ2v) is 5.38. The molecule has 1 N–H and O–H groups in total. The molecule has 0 radical (unpaired) electrons. The zero-order chi connectivity index (χ0) is 13.4. The maximum atomic E-state index is 11.6. The third kappa shape index (κ3) is 2.33. The van der Waals surface area contributed by atoms with Crippen molar-refractivity contribution in [2.24, 2.45) is 0 Å². The smallest absolute Gasteiger partial charge is 0.231 e. The summed E-state index contributed by atoms with van der Waals surface area (Å²) in [6.45, 7) is 0. The zero-order valence-electron chi connectivity index (χ0n) is 10.4. The molecule has 3 rings (SSSR count). The summed E-state index contributed by atoms with van der Waals surface area (Å²) in [5, 5.41) is 3.23. The Hall–Kier alpha value is -1.88. The van der Waals surface area contributed by atoms with E-state index in [9.17, 15) is 4.79 Å². The van der Waals surface area contributed by atoms with Crippen LogP contribution in [0.25, 0.3) is 0 Å². The molecule has 1 aromatic heterocycles. The van der Waals surface area contributed by atoms with Crippen LogP contribution in [-0.4, -0.2) is 17.9 Å². The number of hydrogen-bond donors (Lipinski definition) is 1.